The molecule has 12 nitrogen and oxygen atoms in total. The van der Waals surface area contributed by atoms with Crippen molar-refractivity contribution in [2.24, 2.45) is 11.5 Å². The van der Waals surface area contributed by atoms with Gasteiger partial charge in [-0.25, -0.2) is 4.67 Å². The molecule has 8 aromatic rings. The van der Waals surface area contributed by atoms with Gasteiger partial charge in [-0.15, -0.1) is 0 Å². The van der Waals surface area contributed by atoms with Gasteiger partial charge in [-0.3, -0.25) is 0 Å². The minimum Gasteiger partial charge on any atom is -0.355 e. The van der Waals surface area contributed by atoms with Crippen LogP contribution < -0.4 is 82.5 Å². The predicted octanol–water partition coefficient (Wildman–Crippen LogP) is 7.96. The Balaban J connectivity index is 0.000000861. The van der Waals surface area contributed by atoms with Gasteiger partial charge < -0.3 is 50.1 Å². The van der Waals surface area contributed by atoms with Crippen molar-refractivity contribution in [2.45, 2.75) is 72.9 Å². The maximum absolute atomic E-state index is 8.87. The van der Waals surface area contributed by atoms with Crippen molar-refractivity contribution in [3.63, 3.8) is 0 Å². The van der Waals surface area contributed by atoms with Gasteiger partial charge in [0.25, 0.3) is 0 Å². The fourth-order valence-corrected chi connectivity index (χ4v) is 7.14. The van der Waals surface area contributed by atoms with E-state index in [9.17, 15) is 0 Å². The first kappa shape index (κ1) is 67.7. The Morgan fingerprint density at radius 2 is 0.985 bits per heavy atom. The summed E-state index contributed by atoms with van der Waals surface area (Å²) in [6.07, 6.45) is 4.80. The van der Waals surface area contributed by atoms with E-state index in [1.165, 1.54) is 120 Å². The molecule has 2 heterocycles. The molecule has 0 aliphatic heterocycles. The Bertz CT molecular complexity index is 2450. The van der Waals surface area contributed by atoms with Crippen LogP contribution in [0.3, 0.4) is 0 Å². The molecule has 6 aromatic carbocycles. The van der Waals surface area contributed by atoms with Crippen LogP contribution in [-0.2, 0) is 18.7 Å². The van der Waals surface area contributed by atoms with E-state index in [0.717, 1.165) is 34.5 Å². The zero-order valence-electron chi connectivity index (χ0n) is 40.4. The van der Waals surface area contributed by atoms with Gasteiger partial charge in [-0.2, -0.15) is 0 Å². The third kappa shape index (κ3) is 22.5. The smallest absolute Gasteiger partial charge is 0.0464 e. The molecule has 68 heavy (non-hydrogen) atoms. The SMILES string of the molecule is C.CC.CC.COCOc1ccccc1-n1c2ccccc2c2ccccc21.COCOc1ccccc1Br.N[C@H]1CCCC[C@@H]1N.O=[P+]([O-])O[O-].[K+].[K][K].c1ccc2c(c1)[nH]c1ccccc12. The molecule has 0 saturated heterocycles. The predicted molar refractivity (Wildman–Crippen MR) is 280 cm³/mol. The summed E-state index contributed by atoms with van der Waals surface area (Å²) in [5, 5.41) is 13.6. The molecule has 1 aliphatic carbocycles. The van der Waals surface area contributed by atoms with E-state index in [1.807, 2.05) is 70.2 Å². The average Bonchev–Trinajstić information content (AvgIpc) is 3.93. The molecular formula is C51H65BrK3N4O8P. The van der Waals surface area contributed by atoms with Crippen molar-refractivity contribution >= 4 is 131 Å². The van der Waals surface area contributed by atoms with Crippen molar-refractivity contribution in [3.05, 3.63) is 150 Å². The molecule has 3 atom stereocenters. The van der Waals surface area contributed by atoms with Crippen LogP contribution in [0.2, 0.25) is 0 Å². The number of hydrogen-bond donors (Lipinski definition) is 3. The number of benzene rings is 6. The third-order valence-electron chi connectivity index (χ3n) is 9.54. The fourth-order valence-electron chi connectivity index (χ4n) is 6.74. The maximum atomic E-state index is 8.87. The molecule has 0 spiro atoms. The number of ether oxygens (including phenoxy) is 4. The van der Waals surface area contributed by atoms with Gasteiger partial charge in [0, 0.05) is 58.9 Å². The van der Waals surface area contributed by atoms with Crippen LogP contribution in [0.1, 0.15) is 60.8 Å². The van der Waals surface area contributed by atoms with Crippen LogP contribution in [0, 0.1) is 0 Å². The van der Waals surface area contributed by atoms with Gasteiger partial charge in [0.15, 0.2) is 13.6 Å². The first-order chi connectivity index (χ1) is 32.3. The molecule has 17 heteroatoms. The molecule has 1 unspecified atom stereocenters. The summed E-state index contributed by atoms with van der Waals surface area (Å²) in [5.41, 5.74) is 17.1. The van der Waals surface area contributed by atoms with Gasteiger partial charge in [0.2, 0.25) is 0 Å². The number of H-pyrrole nitrogens is 1. The van der Waals surface area contributed by atoms with Crippen LogP contribution in [-0.4, -0.2) is 113 Å². The second kappa shape index (κ2) is 41.1. The van der Waals surface area contributed by atoms with E-state index >= 15 is 0 Å². The Morgan fingerprint density at radius 1 is 0.632 bits per heavy atom. The number of halogens is 1. The minimum atomic E-state index is -3.15. The van der Waals surface area contributed by atoms with Crippen LogP contribution in [0.25, 0.3) is 49.3 Å². The molecule has 0 amide bonds. The first-order valence-corrected chi connectivity index (χ1v) is 40.1. The van der Waals surface area contributed by atoms with Gasteiger partial charge in [-0.05, 0) is 81.9 Å². The molecule has 2 aromatic heterocycles. The third-order valence-corrected chi connectivity index (χ3v) is 10.3. The second-order valence-electron chi connectivity index (χ2n) is 13.5. The summed E-state index contributed by atoms with van der Waals surface area (Å²) < 4.78 is 35.3. The number of nitrogens with one attached hydrogen (secondary N) is 1. The van der Waals surface area contributed by atoms with Crippen molar-refractivity contribution < 1.29 is 89.7 Å². The van der Waals surface area contributed by atoms with Crippen LogP contribution >= 0.6 is 24.2 Å². The molecule has 1 fully saturated rings. The Morgan fingerprint density at radius 3 is 1.40 bits per heavy atom. The largest absolute Gasteiger partial charge is 0.355 e. The number of nitrogens with zero attached hydrogens (tertiary/aromatic N) is 1. The van der Waals surface area contributed by atoms with Gasteiger partial charge >= 0.3 is 123 Å². The van der Waals surface area contributed by atoms with E-state index in [0.29, 0.717) is 0 Å². The first-order valence-electron chi connectivity index (χ1n) is 22.2. The molecule has 0 radical (unpaired) electrons. The van der Waals surface area contributed by atoms with E-state index in [-0.39, 0.29) is 84.5 Å². The van der Waals surface area contributed by atoms with E-state index in [2.05, 4.69) is 133 Å². The summed E-state index contributed by atoms with van der Waals surface area (Å²) in [7, 11) is 0.0683. The van der Waals surface area contributed by atoms with Crippen LogP contribution in [0.15, 0.2) is 150 Å². The molecule has 5 N–H and O–H groups in total. The van der Waals surface area contributed by atoms with E-state index < -0.39 is 8.25 Å². The van der Waals surface area contributed by atoms with Gasteiger partial charge in [-0.1, -0.05) is 145 Å². The zero-order valence-corrected chi connectivity index (χ0v) is 52.3. The molecule has 352 valence electrons. The topological polar surface area (TPSA) is 182 Å². The monoisotopic (exact) mass is 1090 g/mol. The summed E-state index contributed by atoms with van der Waals surface area (Å²) in [4.78, 5) is 12.2. The quantitative estimate of drug-likeness (QED) is 0.0444. The number of hydrogen-bond acceptors (Lipinski definition) is 10. The van der Waals surface area contributed by atoms with E-state index in [1.54, 1.807) is 14.2 Å². The van der Waals surface area contributed by atoms with Gasteiger partial charge in [0.1, 0.15) is 11.5 Å². The fraction of sp³-hybridized carbons (Fsp3) is 0.294. The number of para-hydroxylation sites is 7. The summed E-state index contributed by atoms with van der Waals surface area (Å²) in [5.74, 6) is 1.61. The normalized spacial score (nSPS) is 13.2. The Labute approximate surface area is 500 Å². The van der Waals surface area contributed by atoms with Crippen molar-refractivity contribution in [2.75, 3.05) is 27.8 Å². The maximum Gasteiger partial charge on any atom is 0.0464 e. The zero-order chi connectivity index (χ0) is 48.7. The van der Waals surface area contributed by atoms with E-state index in [4.69, 9.17) is 45.1 Å². The minimum absolute atomic E-state index is 0. The Kier molecular flexibility index (Phi) is 41.0. The number of rotatable bonds is 8. The summed E-state index contributed by atoms with van der Waals surface area (Å²) in [6, 6.07) is 49.9. The number of nitrogens with two attached hydrogens (primary N) is 2. The van der Waals surface area contributed by atoms with Crippen molar-refractivity contribution in [3.8, 4) is 17.2 Å². The molecule has 0 bridgehead atoms. The number of fused-ring (bicyclic) bond motifs is 6. The number of aromatic amines is 1. The van der Waals surface area contributed by atoms with Crippen molar-refractivity contribution in [1.29, 1.82) is 0 Å². The molecular weight excluding hydrogens is 1020 g/mol. The molecule has 9 rings (SSSR count). The summed E-state index contributed by atoms with van der Waals surface area (Å²) >= 11 is 5.85. The molecule has 1 aliphatic rings. The Hall–Kier alpha value is -0.271. The standard InChI is InChI=1S/C20H17NO2.C12H9N.C8H9BrO2.C6H14N2.2C2H6.CH4.3K.HO4P/c1-22-14-23-20-13-7-6-12-19(20)21-17-10-4-2-8-15(17)16-9-3-5-11-18(16)21;1-3-7-11-9(5-1)10-6-2-4-8-12(10)13-11;1-10-6-11-8-5-3-2-4-7(8)9;7-5-3-1-2-4-6(5)8;2*1-2;;;;;1-4-5(2)3/h2-13H,14H2,1H3;1-8,13H;2-5H,6H2,1H3;5-6H,1-4,7-8H2;2*1-2H3;1H4;;;;1H/q;;;;;;;;;+1;/p-1/t;;;5-,6-;;;;;;;/m...0......./s1. The summed E-state index contributed by atoms with van der Waals surface area (Å²) in [6.45, 7) is 8.51. The average molecular weight is 1090 g/mol. The van der Waals surface area contributed by atoms with Crippen LogP contribution in [0.5, 0.6) is 11.5 Å². The van der Waals surface area contributed by atoms with Gasteiger partial charge in [0.05, 0.1) is 21.2 Å². The number of aromatic nitrogens is 2. The van der Waals surface area contributed by atoms with Crippen LogP contribution in [0.4, 0.5) is 0 Å². The van der Waals surface area contributed by atoms with Crippen molar-refractivity contribution in [1.82, 2.24) is 9.55 Å². The molecule has 1 saturated carbocycles. The second-order valence-corrected chi connectivity index (χ2v) is 14.9. The number of methoxy groups -OCH3 is 2.